The molecule has 2 saturated heterocycles. The molecular formula is C20H28N4O2. The van der Waals surface area contributed by atoms with Gasteiger partial charge in [0, 0.05) is 26.2 Å². The summed E-state index contributed by atoms with van der Waals surface area (Å²) in [5.41, 5.74) is 2.99. The maximum atomic E-state index is 12.9. The predicted octanol–water partition coefficient (Wildman–Crippen LogP) is 2.13. The molecule has 4 rings (SSSR count). The number of ether oxygens (including phenoxy) is 1. The van der Waals surface area contributed by atoms with Gasteiger partial charge in [0.1, 0.15) is 5.82 Å². The number of H-pyrrole nitrogens is 1. The summed E-state index contributed by atoms with van der Waals surface area (Å²) in [7, 11) is 0. The van der Waals surface area contributed by atoms with E-state index >= 15 is 0 Å². The number of nitrogens with one attached hydrogen (secondary N) is 1. The van der Waals surface area contributed by atoms with Gasteiger partial charge < -0.3 is 19.5 Å². The third-order valence-corrected chi connectivity index (χ3v) is 5.38. The van der Waals surface area contributed by atoms with Gasteiger partial charge in [0.15, 0.2) is 0 Å². The molecule has 0 radical (unpaired) electrons. The van der Waals surface area contributed by atoms with Crippen molar-refractivity contribution in [2.45, 2.75) is 38.7 Å². The smallest absolute Gasteiger partial charge is 0.227 e. The number of fused-ring (bicyclic) bond motifs is 1. The van der Waals surface area contributed by atoms with E-state index < -0.39 is 0 Å². The van der Waals surface area contributed by atoms with Gasteiger partial charge in [-0.15, -0.1) is 0 Å². The number of likely N-dealkylation sites (tertiary alicyclic amines) is 1. The third kappa shape index (κ3) is 4.07. The van der Waals surface area contributed by atoms with Crippen molar-refractivity contribution < 1.29 is 9.53 Å². The number of hydrogen-bond donors (Lipinski definition) is 1. The van der Waals surface area contributed by atoms with Gasteiger partial charge in [-0.3, -0.25) is 4.79 Å². The van der Waals surface area contributed by atoms with Crippen molar-refractivity contribution in [3.8, 4) is 0 Å². The zero-order chi connectivity index (χ0) is 17.9. The van der Waals surface area contributed by atoms with Crippen LogP contribution in [0.15, 0.2) is 18.2 Å². The Bertz CT molecular complexity index is 766. The van der Waals surface area contributed by atoms with Gasteiger partial charge in [-0.05, 0) is 57.0 Å². The maximum absolute atomic E-state index is 12.9. The number of aromatic nitrogens is 2. The third-order valence-electron chi connectivity index (χ3n) is 5.38. The number of rotatable bonds is 4. The second-order valence-electron chi connectivity index (χ2n) is 7.54. The normalized spacial score (nSPS) is 22.0. The molecule has 1 N–H and O–H groups in total. The number of aromatic amines is 1. The molecule has 0 aliphatic carbocycles. The van der Waals surface area contributed by atoms with Crippen LogP contribution in [0.5, 0.6) is 0 Å². The second kappa shape index (κ2) is 7.76. The summed E-state index contributed by atoms with van der Waals surface area (Å²) in [5.74, 6) is 1.09. The highest BCUT2D eigenvalue weighted by Crippen LogP contribution is 2.16. The van der Waals surface area contributed by atoms with E-state index in [1.54, 1.807) is 0 Å². The molecule has 1 aromatic heterocycles. The van der Waals surface area contributed by atoms with Gasteiger partial charge in [-0.1, -0.05) is 6.07 Å². The van der Waals surface area contributed by atoms with E-state index in [-0.39, 0.29) is 12.0 Å². The Morgan fingerprint density at radius 1 is 1.27 bits per heavy atom. The topological polar surface area (TPSA) is 61.5 Å². The average molecular weight is 356 g/mol. The van der Waals surface area contributed by atoms with Crippen molar-refractivity contribution >= 4 is 16.9 Å². The van der Waals surface area contributed by atoms with Crippen LogP contribution in [0.2, 0.25) is 0 Å². The minimum atomic E-state index is 0.136. The zero-order valence-corrected chi connectivity index (χ0v) is 15.5. The summed E-state index contributed by atoms with van der Waals surface area (Å²) in [6.07, 6.45) is 4.05. The van der Waals surface area contributed by atoms with Crippen LogP contribution in [0.1, 0.15) is 30.7 Å². The van der Waals surface area contributed by atoms with Crippen LogP contribution in [0.4, 0.5) is 0 Å². The molecule has 1 atom stereocenters. The van der Waals surface area contributed by atoms with Crippen LogP contribution in [0.25, 0.3) is 11.0 Å². The first kappa shape index (κ1) is 17.5. The van der Waals surface area contributed by atoms with Gasteiger partial charge in [0.25, 0.3) is 0 Å². The highest BCUT2D eigenvalue weighted by Gasteiger charge is 2.25. The Labute approximate surface area is 154 Å². The van der Waals surface area contributed by atoms with Crippen LogP contribution in [-0.4, -0.2) is 71.1 Å². The molecule has 0 bridgehead atoms. The Morgan fingerprint density at radius 2 is 2.12 bits per heavy atom. The number of benzene rings is 1. The lowest BCUT2D eigenvalue weighted by Crippen LogP contribution is -2.42. The van der Waals surface area contributed by atoms with Crippen molar-refractivity contribution in [2.24, 2.45) is 0 Å². The predicted molar refractivity (Wildman–Crippen MR) is 101 cm³/mol. The number of carbonyl (C=O) groups is 1. The average Bonchev–Trinajstić information content (AvgIpc) is 3.18. The van der Waals surface area contributed by atoms with E-state index in [0.717, 1.165) is 61.6 Å². The molecule has 2 aliphatic rings. The van der Waals surface area contributed by atoms with E-state index in [1.807, 2.05) is 30.0 Å². The molecule has 6 heteroatoms. The molecule has 140 valence electrons. The maximum Gasteiger partial charge on any atom is 0.227 e. The van der Waals surface area contributed by atoms with Crippen molar-refractivity contribution in [1.82, 2.24) is 19.8 Å². The van der Waals surface area contributed by atoms with Gasteiger partial charge in [0.05, 0.1) is 23.6 Å². The van der Waals surface area contributed by atoms with Crippen LogP contribution < -0.4 is 0 Å². The second-order valence-corrected chi connectivity index (χ2v) is 7.54. The Balaban J connectivity index is 1.39. The lowest BCUT2D eigenvalue weighted by atomic mass is 10.1. The number of aryl methyl sites for hydroxylation is 1. The fraction of sp³-hybridized carbons (Fsp3) is 0.600. The number of nitrogens with zero attached hydrogens (tertiary/aromatic N) is 3. The summed E-state index contributed by atoms with van der Waals surface area (Å²) in [4.78, 5) is 25.0. The van der Waals surface area contributed by atoms with E-state index in [9.17, 15) is 4.79 Å². The molecule has 0 saturated carbocycles. The lowest BCUT2D eigenvalue weighted by Gasteiger charge is -2.27. The molecule has 0 spiro atoms. The molecule has 2 fully saturated rings. The molecule has 1 aromatic carbocycles. The monoisotopic (exact) mass is 356 g/mol. The molecule has 1 amide bonds. The number of imidazole rings is 1. The molecular weight excluding hydrogens is 328 g/mol. The van der Waals surface area contributed by atoms with Crippen LogP contribution in [0, 0.1) is 6.92 Å². The first-order valence-electron chi connectivity index (χ1n) is 9.74. The SMILES string of the molecule is Cc1nc2ccc(CC(=O)N3CCCOC(CN4CCCC4)C3)cc2[nH]1. The summed E-state index contributed by atoms with van der Waals surface area (Å²) < 4.78 is 6.01. The van der Waals surface area contributed by atoms with E-state index in [4.69, 9.17) is 4.74 Å². The van der Waals surface area contributed by atoms with E-state index in [2.05, 4.69) is 14.9 Å². The zero-order valence-electron chi connectivity index (χ0n) is 15.5. The Hall–Kier alpha value is -1.92. The summed E-state index contributed by atoms with van der Waals surface area (Å²) in [6.45, 7) is 7.48. The summed E-state index contributed by atoms with van der Waals surface area (Å²) in [5, 5.41) is 0. The van der Waals surface area contributed by atoms with Crippen molar-refractivity contribution in [2.75, 3.05) is 39.3 Å². The highest BCUT2D eigenvalue weighted by molar-refractivity contribution is 5.82. The summed E-state index contributed by atoms with van der Waals surface area (Å²) >= 11 is 0. The minimum absolute atomic E-state index is 0.136. The molecule has 3 heterocycles. The fourth-order valence-corrected chi connectivity index (χ4v) is 4.07. The Kier molecular flexibility index (Phi) is 5.22. The largest absolute Gasteiger partial charge is 0.375 e. The quantitative estimate of drug-likeness (QED) is 0.912. The molecule has 26 heavy (non-hydrogen) atoms. The standard InChI is InChI=1S/C20H28N4O2/c1-15-21-18-6-5-16(11-19(18)22-15)12-20(25)24-9-4-10-26-17(14-24)13-23-7-2-3-8-23/h5-6,11,17H,2-4,7-10,12-14H2,1H3,(H,21,22). The number of amides is 1. The van der Waals surface area contributed by atoms with Gasteiger partial charge in [0.2, 0.25) is 5.91 Å². The Morgan fingerprint density at radius 3 is 2.96 bits per heavy atom. The van der Waals surface area contributed by atoms with Crippen molar-refractivity contribution in [3.05, 3.63) is 29.6 Å². The minimum Gasteiger partial charge on any atom is -0.375 e. The van der Waals surface area contributed by atoms with Gasteiger partial charge in [-0.25, -0.2) is 4.98 Å². The van der Waals surface area contributed by atoms with Gasteiger partial charge >= 0.3 is 0 Å². The van der Waals surface area contributed by atoms with Crippen molar-refractivity contribution in [3.63, 3.8) is 0 Å². The van der Waals surface area contributed by atoms with Crippen molar-refractivity contribution in [1.29, 1.82) is 0 Å². The highest BCUT2D eigenvalue weighted by atomic mass is 16.5. The lowest BCUT2D eigenvalue weighted by molar-refractivity contribution is -0.131. The molecule has 1 unspecified atom stereocenters. The van der Waals surface area contributed by atoms with Crippen LogP contribution in [-0.2, 0) is 16.0 Å². The fourth-order valence-electron chi connectivity index (χ4n) is 4.07. The molecule has 2 aromatic rings. The number of hydrogen-bond acceptors (Lipinski definition) is 4. The van der Waals surface area contributed by atoms with Crippen LogP contribution >= 0.6 is 0 Å². The van der Waals surface area contributed by atoms with Gasteiger partial charge in [-0.2, -0.15) is 0 Å². The molecule has 6 nitrogen and oxygen atoms in total. The van der Waals surface area contributed by atoms with E-state index in [0.29, 0.717) is 13.0 Å². The van der Waals surface area contributed by atoms with Crippen LogP contribution in [0.3, 0.4) is 0 Å². The molecule has 2 aliphatic heterocycles. The van der Waals surface area contributed by atoms with E-state index in [1.165, 1.54) is 12.8 Å². The first-order chi connectivity index (χ1) is 12.7. The first-order valence-corrected chi connectivity index (χ1v) is 9.74. The summed E-state index contributed by atoms with van der Waals surface area (Å²) in [6, 6.07) is 6.04. The number of carbonyl (C=O) groups excluding carboxylic acids is 1.